The molecule has 1 heterocycles. The van der Waals surface area contributed by atoms with E-state index in [4.69, 9.17) is 21.3 Å². The van der Waals surface area contributed by atoms with Crippen LogP contribution in [0.15, 0.2) is 113 Å². The zero-order chi connectivity index (χ0) is 25.6. The Morgan fingerprint density at radius 2 is 1.70 bits per heavy atom. The summed E-state index contributed by atoms with van der Waals surface area (Å²) >= 11 is 9.48. The highest BCUT2D eigenvalue weighted by Crippen LogP contribution is 2.27. The van der Waals surface area contributed by atoms with Crippen LogP contribution in [0.4, 0.5) is 0 Å². The number of hydrazone groups is 1. The van der Waals surface area contributed by atoms with Crippen LogP contribution in [-0.4, -0.2) is 17.1 Å². The van der Waals surface area contributed by atoms with Crippen molar-refractivity contribution in [2.24, 2.45) is 5.10 Å². The number of rotatable bonds is 7. The van der Waals surface area contributed by atoms with Crippen molar-refractivity contribution >= 4 is 50.6 Å². The predicted octanol–water partition coefficient (Wildman–Crippen LogP) is 7.66. The van der Waals surface area contributed by atoms with Crippen LogP contribution < -0.4 is 10.2 Å². The smallest absolute Gasteiger partial charge is 0.272 e. The van der Waals surface area contributed by atoms with E-state index in [1.54, 1.807) is 12.3 Å². The molecule has 0 radical (unpaired) electrons. The van der Waals surface area contributed by atoms with E-state index >= 15 is 0 Å². The number of benzene rings is 4. The molecule has 5 nitrogen and oxygen atoms in total. The second kappa shape index (κ2) is 11.4. The van der Waals surface area contributed by atoms with Crippen molar-refractivity contribution in [3.63, 3.8) is 0 Å². The van der Waals surface area contributed by atoms with Gasteiger partial charge < -0.3 is 4.74 Å². The summed E-state index contributed by atoms with van der Waals surface area (Å²) in [5, 5.41) is 5.63. The van der Waals surface area contributed by atoms with Gasteiger partial charge in [0.05, 0.1) is 27.5 Å². The molecule has 5 aromatic rings. The quantitative estimate of drug-likeness (QED) is 0.161. The van der Waals surface area contributed by atoms with Crippen LogP contribution in [-0.2, 0) is 6.61 Å². The lowest BCUT2D eigenvalue weighted by molar-refractivity contribution is 0.0956. The Hall–Kier alpha value is -4.00. The molecule has 5 rings (SSSR count). The van der Waals surface area contributed by atoms with Gasteiger partial charge in [-0.15, -0.1) is 0 Å². The second-order valence-electron chi connectivity index (χ2n) is 8.24. The SMILES string of the molecule is O=C(N/N=C/c1ccc(OCc2ccc(Cl)cc2)c(Br)c1)c1cc(-c2ccccc2)nc2ccccc12. The molecule has 0 aliphatic rings. The largest absolute Gasteiger partial charge is 0.488 e. The maximum absolute atomic E-state index is 13.1. The van der Waals surface area contributed by atoms with Gasteiger partial charge in [0.1, 0.15) is 12.4 Å². The molecule has 0 aliphatic carbocycles. The molecule has 182 valence electrons. The highest BCUT2D eigenvalue weighted by atomic mass is 79.9. The predicted molar refractivity (Wildman–Crippen MR) is 152 cm³/mol. The van der Waals surface area contributed by atoms with Gasteiger partial charge >= 0.3 is 0 Å². The van der Waals surface area contributed by atoms with E-state index in [0.717, 1.165) is 37.8 Å². The Balaban J connectivity index is 1.29. The third kappa shape index (κ3) is 6.05. The fourth-order valence-electron chi connectivity index (χ4n) is 3.80. The van der Waals surface area contributed by atoms with E-state index in [9.17, 15) is 4.79 Å². The van der Waals surface area contributed by atoms with Gasteiger partial charge in [-0.05, 0) is 69.5 Å². The maximum Gasteiger partial charge on any atom is 0.272 e. The van der Waals surface area contributed by atoms with Gasteiger partial charge in [-0.25, -0.2) is 10.4 Å². The molecule has 4 aromatic carbocycles. The molecule has 7 heteroatoms. The molecule has 0 unspecified atom stereocenters. The molecule has 1 aromatic heterocycles. The summed E-state index contributed by atoms with van der Waals surface area (Å²) in [5.74, 6) is 0.391. The topological polar surface area (TPSA) is 63.6 Å². The molecule has 1 amide bonds. The number of halogens is 2. The lowest BCUT2D eigenvalue weighted by Crippen LogP contribution is -2.18. The number of aromatic nitrogens is 1. The first kappa shape index (κ1) is 24.7. The number of pyridine rings is 1. The minimum Gasteiger partial charge on any atom is -0.488 e. The first-order chi connectivity index (χ1) is 18.1. The van der Waals surface area contributed by atoms with Gasteiger partial charge in [0.15, 0.2) is 0 Å². The Labute approximate surface area is 227 Å². The maximum atomic E-state index is 13.1. The lowest BCUT2D eigenvalue weighted by atomic mass is 10.0. The summed E-state index contributed by atoms with van der Waals surface area (Å²) in [6, 6.07) is 32.3. The van der Waals surface area contributed by atoms with E-state index in [1.807, 2.05) is 97.1 Å². The number of nitrogens with one attached hydrogen (secondary N) is 1. The fourth-order valence-corrected chi connectivity index (χ4v) is 4.44. The van der Waals surface area contributed by atoms with Crippen molar-refractivity contribution in [3.8, 4) is 17.0 Å². The number of nitrogens with zero attached hydrogens (tertiary/aromatic N) is 2. The van der Waals surface area contributed by atoms with Crippen LogP contribution in [0.3, 0.4) is 0 Å². The summed E-state index contributed by atoms with van der Waals surface area (Å²) in [4.78, 5) is 17.8. The molecule has 0 fully saturated rings. The van der Waals surface area contributed by atoms with Gasteiger partial charge in [-0.3, -0.25) is 4.79 Å². The van der Waals surface area contributed by atoms with E-state index < -0.39 is 0 Å². The molecular formula is C30H21BrClN3O2. The number of fused-ring (bicyclic) bond motifs is 1. The number of para-hydroxylation sites is 1. The van der Waals surface area contributed by atoms with Gasteiger partial charge in [-0.1, -0.05) is 72.3 Å². The summed E-state index contributed by atoms with van der Waals surface area (Å²) in [6.45, 7) is 0.421. The second-order valence-corrected chi connectivity index (χ2v) is 9.53. The number of ether oxygens (including phenoxy) is 1. The van der Waals surface area contributed by atoms with Crippen molar-refractivity contribution in [2.45, 2.75) is 6.61 Å². The van der Waals surface area contributed by atoms with Crippen molar-refractivity contribution < 1.29 is 9.53 Å². The Morgan fingerprint density at radius 3 is 2.49 bits per heavy atom. The summed E-state index contributed by atoms with van der Waals surface area (Å²) in [5.41, 5.74) is 7.39. The zero-order valence-corrected chi connectivity index (χ0v) is 21.9. The Bertz CT molecular complexity index is 1590. The first-order valence-corrected chi connectivity index (χ1v) is 12.7. The number of carbonyl (C=O) groups excluding carboxylic acids is 1. The number of hydrogen-bond acceptors (Lipinski definition) is 4. The first-order valence-electron chi connectivity index (χ1n) is 11.5. The molecule has 0 bridgehead atoms. The van der Waals surface area contributed by atoms with E-state index in [1.165, 1.54) is 0 Å². The van der Waals surface area contributed by atoms with E-state index in [-0.39, 0.29) is 5.91 Å². The van der Waals surface area contributed by atoms with E-state index in [0.29, 0.717) is 22.9 Å². The number of amides is 1. The molecular weight excluding hydrogens is 550 g/mol. The standard InChI is InChI=1S/C30H21BrClN3O2/c31-26-16-21(12-15-29(26)37-19-20-10-13-23(32)14-11-20)18-33-35-30(36)25-17-28(22-6-2-1-3-7-22)34-27-9-5-4-8-24(25)27/h1-18H,19H2,(H,35,36)/b33-18+. The average molecular weight is 571 g/mol. The lowest BCUT2D eigenvalue weighted by Gasteiger charge is -2.09. The summed E-state index contributed by atoms with van der Waals surface area (Å²) < 4.78 is 6.68. The summed E-state index contributed by atoms with van der Waals surface area (Å²) in [6.07, 6.45) is 1.59. The van der Waals surface area contributed by atoms with Crippen LogP contribution in [0.5, 0.6) is 5.75 Å². The van der Waals surface area contributed by atoms with Crippen molar-refractivity contribution in [2.75, 3.05) is 0 Å². The van der Waals surface area contributed by atoms with Crippen molar-refractivity contribution in [1.29, 1.82) is 0 Å². The van der Waals surface area contributed by atoms with Gasteiger partial charge in [0.2, 0.25) is 0 Å². The van der Waals surface area contributed by atoms with Crippen LogP contribution >= 0.6 is 27.5 Å². The third-order valence-corrected chi connectivity index (χ3v) is 6.55. The molecule has 0 atom stereocenters. The molecule has 1 N–H and O–H groups in total. The van der Waals surface area contributed by atoms with Crippen LogP contribution in [0, 0.1) is 0 Å². The van der Waals surface area contributed by atoms with Crippen LogP contribution in [0.25, 0.3) is 22.2 Å². The molecule has 0 aliphatic heterocycles. The molecule has 37 heavy (non-hydrogen) atoms. The number of hydrogen-bond donors (Lipinski definition) is 1. The number of carbonyl (C=O) groups is 1. The molecule has 0 saturated heterocycles. The van der Waals surface area contributed by atoms with E-state index in [2.05, 4.69) is 26.5 Å². The van der Waals surface area contributed by atoms with Crippen LogP contribution in [0.1, 0.15) is 21.5 Å². The average Bonchev–Trinajstić information content (AvgIpc) is 2.93. The minimum atomic E-state index is -0.311. The van der Waals surface area contributed by atoms with Gasteiger partial charge in [-0.2, -0.15) is 5.10 Å². The normalized spacial score (nSPS) is 11.1. The summed E-state index contributed by atoms with van der Waals surface area (Å²) in [7, 11) is 0. The minimum absolute atomic E-state index is 0.311. The fraction of sp³-hybridized carbons (Fsp3) is 0.0333. The highest BCUT2D eigenvalue weighted by molar-refractivity contribution is 9.10. The molecule has 0 saturated carbocycles. The van der Waals surface area contributed by atoms with Gasteiger partial charge in [0, 0.05) is 16.0 Å². The Kier molecular flexibility index (Phi) is 7.59. The Morgan fingerprint density at radius 1 is 0.946 bits per heavy atom. The van der Waals surface area contributed by atoms with Gasteiger partial charge in [0.25, 0.3) is 5.91 Å². The van der Waals surface area contributed by atoms with Crippen molar-refractivity contribution in [1.82, 2.24) is 10.4 Å². The third-order valence-electron chi connectivity index (χ3n) is 5.67. The zero-order valence-electron chi connectivity index (χ0n) is 19.6. The van der Waals surface area contributed by atoms with Crippen molar-refractivity contribution in [3.05, 3.63) is 129 Å². The van der Waals surface area contributed by atoms with Crippen LogP contribution in [0.2, 0.25) is 5.02 Å². The highest BCUT2D eigenvalue weighted by Gasteiger charge is 2.13. The monoisotopic (exact) mass is 569 g/mol. The molecule has 0 spiro atoms.